The second-order valence-corrected chi connectivity index (χ2v) is 3.29. The third-order valence-corrected chi connectivity index (χ3v) is 2.30. The minimum Gasteiger partial charge on any atom is -0.398 e. The molecular formula is C12H11FN2. The fourth-order valence-corrected chi connectivity index (χ4v) is 1.51. The Morgan fingerprint density at radius 3 is 2.20 bits per heavy atom. The van der Waals surface area contributed by atoms with E-state index < -0.39 is 5.82 Å². The smallest absolute Gasteiger partial charge is 0.146 e. The van der Waals surface area contributed by atoms with Gasteiger partial charge >= 0.3 is 0 Å². The number of hydrogen-bond donors (Lipinski definition) is 2. The molecule has 0 radical (unpaired) electrons. The highest BCUT2D eigenvalue weighted by molar-refractivity contribution is 5.84. The monoisotopic (exact) mass is 202 g/mol. The fourth-order valence-electron chi connectivity index (χ4n) is 1.51. The quantitative estimate of drug-likeness (QED) is 0.698. The molecule has 0 heterocycles. The molecule has 0 aliphatic carbocycles. The first-order chi connectivity index (χ1) is 7.20. The van der Waals surface area contributed by atoms with E-state index >= 15 is 0 Å². The van der Waals surface area contributed by atoms with Crippen LogP contribution in [-0.4, -0.2) is 0 Å². The number of anilines is 2. The van der Waals surface area contributed by atoms with Crippen LogP contribution in [0.2, 0.25) is 0 Å². The first kappa shape index (κ1) is 9.52. The summed E-state index contributed by atoms with van der Waals surface area (Å²) in [5.74, 6) is -0.421. The van der Waals surface area contributed by atoms with Crippen LogP contribution in [0.25, 0.3) is 11.1 Å². The summed E-state index contributed by atoms with van der Waals surface area (Å²) >= 11 is 0. The minimum absolute atomic E-state index is 0.135. The van der Waals surface area contributed by atoms with E-state index in [-0.39, 0.29) is 5.69 Å². The van der Waals surface area contributed by atoms with Crippen molar-refractivity contribution in [1.82, 2.24) is 0 Å². The van der Waals surface area contributed by atoms with E-state index in [4.69, 9.17) is 11.5 Å². The maximum absolute atomic E-state index is 13.2. The lowest BCUT2D eigenvalue weighted by atomic mass is 10.0. The number of rotatable bonds is 1. The Bertz CT molecular complexity index is 495. The lowest BCUT2D eigenvalue weighted by molar-refractivity contribution is 0.633. The van der Waals surface area contributed by atoms with Crippen LogP contribution in [0.3, 0.4) is 0 Å². The molecule has 76 valence electrons. The molecule has 15 heavy (non-hydrogen) atoms. The molecule has 0 fully saturated rings. The van der Waals surface area contributed by atoms with Crippen molar-refractivity contribution in [2.24, 2.45) is 0 Å². The van der Waals surface area contributed by atoms with Gasteiger partial charge < -0.3 is 11.5 Å². The molecule has 2 nitrogen and oxygen atoms in total. The van der Waals surface area contributed by atoms with Gasteiger partial charge in [0.05, 0.1) is 5.69 Å². The van der Waals surface area contributed by atoms with Crippen molar-refractivity contribution in [3.63, 3.8) is 0 Å². The van der Waals surface area contributed by atoms with Gasteiger partial charge in [-0.3, -0.25) is 0 Å². The summed E-state index contributed by atoms with van der Waals surface area (Å²) in [6, 6.07) is 12.0. The highest BCUT2D eigenvalue weighted by Gasteiger charge is 2.08. The molecule has 0 saturated heterocycles. The van der Waals surface area contributed by atoms with Crippen molar-refractivity contribution >= 4 is 11.4 Å². The van der Waals surface area contributed by atoms with Crippen LogP contribution in [0, 0.1) is 5.82 Å². The maximum Gasteiger partial charge on any atom is 0.146 e. The van der Waals surface area contributed by atoms with Crippen LogP contribution in [-0.2, 0) is 0 Å². The Morgan fingerprint density at radius 2 is 1.47 bits per heavy atom. The molecule has 0 bridgehead atoms. The first-order valence-electron chi connectivity index (χ1n) is 4.59. The number of benzene rings is 2. The van der Waals surface area contributed by atoms with Gasteiger partial charge in [-0.1, -0.05) is 30.3 Å². The second kappa shape index (κ2) is 3.61. The zero-order valence-electron chi connectivity index (χ0n) is 8.07. The first-order valence-corrected chi connectivity index (χ1v) is 4.59. The third-order valence-electron chi connectivity index (χ3n) is 2.30. The van der Waals surface area contributed by atoms with Crippen LogP contribution in [0.4, 0.5) is 15.8 Å². The summed E-state index contributed by atoms with van der Waals surface area (Å²) in [7, 11) is 0. The Labute approximate surface area is 87.3 Å². The standard InChI is InChI=1S/C12H11FN2/c13-10-6-3-5-9(12(10)15)8-4-1-2-7-11(8)14/h1-7H,14-15H2. The van der Waals surface area contributed by atoms with E-state index in [1.807, 2.05) is 18.2 Å². The van der Waals surface area contributed by atoms with Gasteiger partial charge in [0.15, 0.2) is 0 Å². The zero-order chi connectivity index (χ0) is 10.8. The molecule has 0 atom stereocenters. The van der Waals surface area contributed by atoms with E-state index in [1.165, 1.54) is 6.07 Å². The Kier molecular flexibility index (Phi) is 2.29. The maximum atomic E-state index is 13.2. The molecule has 2 rings (SSSR count). The number of halogens is 1. The molecule has 0 aromatic heterocycles. The van der Waals surface area contributed by atoms with Gasteiger partial charge in [0.25, 0.3) is 0 Å². The van der Waals surface area contributed by atoms with Crippen molar-refractivity contribution in [1.29, 1.82) is 0 Å². The van der Waals surface area contributed by atoms with Gasteiger partial charge in [-0.25, -0.2) is 4.39 Å². The second-order valence-electron chi connectivity index (χ2n) is 3.29. The molecule has 3 heteroatoms. The molecule has 0 saturated carbocycles. The lowest BCUT2D eigenvalue weighted by Crippen LogP contribution is -1.96. The SMILES string of the molecule is Nc1ccccc1-c1cccc(F)c1N. The predicted molar refractivity (Wildman–Crippen MR) is 60.7 cm³/mol. The molecular weight excluding hydrogens is 191 g/mol. The van der Waals surface area contributed by atoms with Crippen LogP contribution in [0.5, 0.6) is 0 Å². The lowest BCUT2D eigenvalue weighted by Gasteiger charge is -2.08. The van der Waals surface area contributed by atoms with Crippen molar-refractivity contribution in [3.05, 3.63) is 48.3 Å². The third kappa shape index (κ3) is 1.64. The van der Waals surface area contributed by atoms with Gasteiger partial charge in [-0.15, -0.1) is 0 Å². The highest BCUT2D eigenvalue weighted by Crippen LogP contribution is 2.31. The summed E-state index contributed by atoms with van der Waals surface area (Å²) in [5, 5.41) is 0. The molecule has 0 amide bonds. The average Bonchev–Trinajstić information content (AvgIpc) is 2.23. The van der Waals surface area contributed by atoms with E-state index in [1.54, 1.807) is 18.2 Å². The molecule has 2 aromatic carbocycles. The summed E-state index contributed by atoms with van der Waals surface area (Å²) in [4.78, 5) is 0. The zero-order valence-corrected chi connectivity index (χ0v) is 8.07. The molecule has 0 spiro atoms. The van der Waals surface area contributed by atoms with Gasteiger partial charge in [-0.05, 0) is 12.1 Å². The molecule has 4 N–H and O–H groups in total. The van der Waals surface area contributed by atoms with E-state index in [0.29, 0.717) is 11.3 Å². The Morgan fingerprint density at radius 1 is 0.800 bits per heavy atom. The summed E-state index contributed by atoms with van der Waals surface area (Å²) < 4.78 is 13.2. The fraction of sp³-hybridized carbons (Fsp3) is 0. The molecule has 0 unspecified atom stereocenters. The predicted octanol–water partition coefficient (Wildman–Crippen LogP) is 2.66. The normalized spacial score (nSPS) is 10.2. The minimum atomic E-state index is -0.421. The van der Waals surface area contributed by atoms with Crippen molar-refractivity contribution < 1.29 is 4.39 Å². The Hall–Kier alpha value is -2.03. The van der Waals surface area contributed by atoms with E-state index in [0.717, 1.165) is 5.56 Å². The molecule has 0 aliphatic heterocycles. The van der Waals surface area contributed by atoms with Gasteiger partial charge in [0.1, 0.15) is 5.82 Å². The number of nitrogen functional groups attached to an aromatic ring is 2. The van der Waals surface area contributed by atoms with Crippen molar-refractivity contribution in [2.45, 2.75) is 0 Å². The molecule has 0 aliphatic rings. The topological polar surface area (TPSA) is 52.0 Å². The Balaban J connectivity index is 2.65. The average molecular weight is 202 g/mol. The van der Waals surface area contributed by atoms with Gasteiger partial charge in [-0.2, -0.15) is 0 Å². The summed E-state index contributed by atoms with van der Waals surface area (Å²) in [6.45, 7) is 0. The van der Waals surface area contributed by atoms with E-state index in [9.17, 15) is 4.39 Å². The van der Waals surface area contributed by atoms with Crippen molar-refractivity contribution in [2.75, 3.05) is 11.5 Å². The van der Waals surface area contributed by atoms with E-state index in [2.05, 4.69) is 0 Å². The number of hydrogen-bond acceptors (Lipinski definition) is 2. The molecule has 2 aromatic rings. The van der Waals surface area contributed by atoms with Crippen LogP contribution < -0.4 is 11.5 Å². The van der Waals surface area contributed by atoms with Crippen LogP contribution >= 0.6 is 0 Å². The number of nitrogens with two attached hydrogens (primary N) is 2. The number of para-hydroxylation sites is 2. The largest absolute Gasteiger partial charge is 0.398 e. The van der Waals surface area contributed by atoms with Crippen LogP contribution in [0.15, 0.2) is 42.5 Å². The van der Waals surface area contributed by atoms with Crippen molar-refractivity contribution in [3.8, 4) is 11.1 Å². The van der Waals surface area contributed by atoms with Gasteiger partial charge in [0.2, 0.25) is 0 Å². The van der Waals surface area contributed by atoms with Gasteiger partial charge in [0, 0.05) is 16.8 Å². The van der Waals surface area contributed by atoms with Crippen LogP contribution in [0.1, 0.15) is 0 Å². The summed E-state index contributed by atoms with van der Waals surface area (Å²) in [6.07, 6.45) is 0. The highest BCUT2D eigenvalue weighted by atomic mass is 19.1. The summed E-state index contributed by atoms with van der Waals surface area (Å²) in [5.41, 5.74) is 13.6.